The lowest BCUT2D eigenvalue weighted by atomic mass is 10.0. The molecule has 0 spiro atoms. The van der Waals surface area contributed by atoms with E-state index in [-0.39, 0.29) is 38.3 Å². The Balaban J connectivity index is 2.23. The highest BCUT2D eigenvalue weighted by molar-refractivity contribution is 5.96. The summed E-state index contributed by atoms with van der Waals surface area (Å²) < 4.78 is 0. The van der Waals surface area contributed by atoms with Gasteiger partial charge in [-0.2, -0.15) is 0 Å². The van der Waals surface area contributed by atoms with Gasteiger partial charge in [0.15, 0.2) is 5.96 Å². The fraction of sp³-hybridized carbons (Fsp3) is 0.536. The Kier molecular flexibility index (Phi) is 14.7. The molecule has 0 radical (unpaired) electrons. The first kappa shape index (κ1) is 36.4. The summed E-state index contributed by atoms with van der Waals surface area (Å²) in [7, 11) is 0. The minimum atomic E-state index is -1.50. The average molecular weight is 634 g/mol. The molecule has 17 nitrogen and oxygen atoms in total. The van der Waals surface area contributed by atoms with Crippen LogP contribution in [0, 0.1) is 0 Å². The first-order valence-electron chi connectivity index (χ1n) is 14.5. The molecule has 1 aliphatic heterocycles. The van der Waals surface area contributed by atoms with E-state index in [1.54, 1.807) is 24.3 Å². The summed E-state index contributed by atoms with van der Waals surface area (Å²) in [6.07, 6.45) is 1.22. The largest absolute Gasteiger partial charge is 0.394 e. The van der Waals surface area contributed by atoms with Gasteiger partial charge in [-0.1, -0.05) is 30.3 Å². The number of nitrogens with zero attached hydrogens (tertiary/aromatic N) is 2. The van der Waals surface area contributed by atoms with Gasteiger partial charge in [0.2, 0.25) is 35.4 Å². The van der Waals surface area contributed by atoms with Crippen LogP contribution in [0.25, 0.3) is 0 Å². The maximum Gasteiger partial charge on any atom is 0.245 e. The quantitative estimate of drug-likeness (QED) is 0.0452. The molecular weight excluding hydrogens is 590 g/mol. The molecule has 0 aromatic heterocycles. The maximum atomic E-state index is 13.8. The van der Waals surface area contributed by atoms with Gasteiger partial charge in [-0.3, -0.25) is 33.8 Å². The van der Waals surface area contributed by atoms with Crippen molar-refractivity contribution in [1.82, 2.24) is 26.2 Å². The van der Waals surface area contributed by atoms with Crippen molar-refractivity contribution >= 4 is 41.4 Å². The van der Waals surface area contributed by atoms with Crippen LogP contribution < -0.4 is 38.5 Å². The average Bonchev–Trinajstić information content (AvgIpc) is 3.49. The number of hydrogen-bond donors (Lipinski definition) is 9. The smallest absolute Gasteiger partial charge is 0.245 e. The number of nitrogens with one attached hydrogen (secondary N) is 4. The molecule has 1 saturated heterocycles. The van der Waals surface area contributed by atoms with Crippen molar-refractivity contribution in [3.05, 3.63) is 35.9 Å². The summed E-state index contributed by atoms with van der Waals surface area (Å²) in [4.78, 5) is 81.4. The molecule has 1 aliphatic rings. The number of primary amides is 1. The number of guanidine groups is 1. The highest BCUT2D eigenvalue weighted by atomic mass is 16.3. The van der Waals surface area contributed by atoms with Crippen LogP contribution in [0.5, 0.6) is 0 Å². The van der Waals surface area contributed by atoms with Crippen LogP contribution in [0.1, 0.15) is 38.2 Å². The zero-order valence-corrected chi connectivity index (χ0v) is 25.1. The van der Waals surface area contributed by atoms with Gasteiger partial charge < -0.3 is 53.6 Å². The van der Waals surface area contributed by atoms with Crippen LogP contribution >= 0.6 is 0 Å². The molecule has 17 heteroatoms. The Morgan fingerprint density at radius 3 is 2.09 bits per heavy atom. The predicted molar refractivity (Wildman–Crippen MR) is 162 cm³/mol. The van der Waals surface area contributed by atoms with Crippen molar-refractivity contribution in [1.29, 1.82) is 0 Å². The third kappa shape index (κ3) is 11.7. The Morgan fingerprint density at radius 2 is 1.51 bits per heavy atom. The van der Waals surface area contributed by atoms with Gasteiger partial charge >= 0.3 is 0 Å². The number of carbonyl (C=O) groups excluding carboxylic acids is 6. The molecule has 5 atom stereocenters. The molecule has 0 unspecified atom stereocenters. The molecule has 0 bridgehead atoms. The van der Waals surface area contributed by atoms with Crippen molar-refractivity contribution in [3.8, 4) is 0 Å². The normalized spacial score (nSPS) is 16.8. The molecule has 1 heterocycles. The number of aliphatic hydroxyl groups is 2. The van der Waals surface area contributed by atoms with Gasteiger partial charge in [-0.05, 0) is 31.2 Å². The fourth-order valence-corrected chi connectivity index (χ4v) is 4.78. The Bertz CT molecular complexity index is 1230. The van der Waals surface area contributed by atoms with Gasteiger partial charge in [-0.25, -0.2) is 0 Å². The van der Waals surface area contributed by atoms with Crippen molar-refractivity contribution < 1.29 is 39.0 Å². The highest BCUT2D eigenvalue weighted by Gasteiger charge is 2.39. The Hall–Kier alpha value is -4.77. The summed E-state index contributed by atoms with van der Waals surface area (Å²) in [6.45, 7) is -0.0273. The molecule has 1 aromatic rings. The molecule has 45 heavy (non-hydrogen) atoms. The number of amides is 6. The van der Waals surface area contributed by atoms with Gasteiger partial charge in [0.25, 0.3) is 0 Å². The Labute approximate surface area is 260 Å². The monoisotopic (exact) mass is 633 g/mol. The van der Waals surface area contributed by atoms with Gasteiger partial charge in [0.1, 0.15) is 30.2 Å². The van der Waals surface area contributed by atoms with E-state index >= 15 is 0 Å². The van der Waals surface area contributed by atoms with E-state index in [0.29, 0.717) is 12.8 Å². The molecule has 2 rings (SSSR count). The van der Waals surface area contributed by atoms with E-state index < -0.39 is 78.9 Å². The standard InChI is InChI=1S/C28H43N9O8/c1-16(40)33-19(13-17-7-3-2-4-8-17)24(42)34-18(9-5-11-32-28(30)31)27(45)37-12-6-10-22(37)26(44)36-21(15-39)25(43)35-20(14-38)23(29)41/h2-4,7-8,18-22,38-39H,5-6,9-15H2,1H3,(H2,29,41)(H,33,40)(H,34,42)(H,35,43)(H,36,44)(H4,30,31,32)/t18-,19-,20-,21-,22-/m0/s1. The lowest BCUT2D eigenvalue weighted by molar-refractivity contribution is -0.143. The number of hydrogen-bond acceptors (Lipinski definition) is 9. The lowest BCUT2D eigenvalue weighted by Crippen LogP contribution is -2.59. The minimum absolute atomic E-state index is 0.0989. The molecule has 0 aliphatic carbocycles. The van der Waals surface area contributed by atoms with Crippen molar-refractivity contribution in [2.75, 3.05) is 26.3 Å². The molecular formula is C28H43N9O8. The summed E-state index contributed by atoms with van der Waals surface area (Å²) in [5, 5.41) is 28.8. The fourth-order valence-electron chi connectivity index (χ4n) is 4.78. The number of aliphatic hydroxyl groups excluding tert-OH is 2. The molecule has 0 saturated carbocycles. The molecule has 1 fully saturated rings. The number of carbonyl (C=O) groups is 6. The molecule has 12 N–H and O–H groups in total. The second-order valence-electron chi connectivity index (χ2n) is 10.5. The summed E-state index contributed by atoms with van der Waals surface area (Å²) >= 11 is 0. The zero-order valence-electron chi connectivity index (χ0n) is 25.1. The summed E-state index contributed by atoms with van der Waals surface area (Å²) in [6, 6.07) is 2.89. The van der Waals surface area contributed by atoms with Crippen LogP contribution in [0.3, 0.4) is 0 Å². The first-order chi connectivity index (χ1) is 21.4. The minimum Gasteiger partial charge on any atom is -0.394 e. The number of likely N-dealkylation sites (tertiary alicyclic amines) is 1. The van der Waals surface area contributed by atoms with Crippen LogP contribution in [0.4, 0.5) is 0 Å². The summed E-state index contributed by atoms with van der Waals surface area (Å²) in [5.74, 6) is -4.51. The number of rotatable bonds is 17. The van der Waals surface area contributed by atoms with Crippen LogP contribution in [0.15, 0.2) is 35.3 Å². The topological polar surface area (TPSA) is 285 Å². The maximum absolute atomic E-state index is 13.8. The highest BCUT2D eigenvalue weighted by Crippen LogP contribution is 2.20. The van der Waals surface area contributed by atoms with Crippen LogP contribution in [0.2, 0.25) is 0 Å². The van der Waals surface area contributed by atoms with E-state index in [1.165, 1.54) is 11.8 Å². The van der Waals surface area contributed by atoms with E-state index in [0.717, 1.165) is 5.56 Å². The first-order valence-corrected chi connectivity index (χ1v) is 14.5. The zero-order chi connectivity index (χ0) is 33.5. The molecule has 6 amide bonds. The molecule has 248 valence electrons. The SMILES string of the molecule is CC(=O)N[C@@H](Cc1ccccc1)C(=O)N[C@@H](CCCN=C(N)N)C(=O)N1CCC[C@H]1C(=O)N[C@@H](CO)C(=O)N[C@@H](CO)C(N)=O. The van der Waals surface area contributed by atoms with E-state index in [4.69, 9.17) is 17.2 Å². The number of nitrogens with two attached hydrogens (primary N) is 3. The summed E-state index contributed by atoms with van der Waals surface area (Å²) in [5.41, 5.74) is 16.7. The van der Waals surface area contributed by atoms with E-state index in [1.807, 2.05) is 6.07 Å². The van der Waals surface area contributed by atoms with Crippen molar-refractivity contribution in [2.45, 2.75) is 69.2 Å². The number of benzene rings is 1. The van der Waals surface area contributed by atoms with Crippen LogP contribution in [-0.4, -0.2) is 113 Å². The molecule has 1 aromatic carbocycles. The van der Waals surface area contributed by atoms with Gasteiger partial charge in [0, 0.05) is 26.4 Å². The van der Waals surface area contributed by atoms with E-state index in [2.05, 4.69) is 26.3 Å². The second kappa shape index (κ2) is 18.1. The van der Waals surface area contributed by atoms with Crippen LogP contribution in [-0.2, 0) is 35.2 Å². The van der Waals surface area contributed by atoms with Gasteiger partial charge in [0.05, 0.1) is 13.2 Å². The van der Waals surface area contributed by atoms with E-state index in [9.17, 15) is 39.0 Å². The van der Waals surface area contributed by atoms with Gasteiger partial charge in [-0.15, -0.1) is 0 Å². The third-order valence-corrected chi connectivity index (χ3v) is 7.03. The number of aliphatic imine (C=N–C) groups is 1. The van der Waals surface area contributed by atoms with Crippen molar-refractivity contribution in [3.63, 3.8) is 0 Å². The Morgan fingerprint density at radius 1 is 0.889 bits per heavy atom. The third-order valence-electron chi connectivity index (χ3n) is 7.03. The predicted octanol–water partition coefficient (Wildman–Crippen LogP) is -4.30. The van der Waals surface area contributed by atoms with Crippen molar-refractivity contribution in [2.24, 2.45) is 22.2 Å². The second-order valence-corrected chi connectivity index (χ2v) is 10.5. The lowest BCUT2D eigenvalue weighted by Gasteiger charge is -2.30.